The highest BCUT2D eigenvalue weighted by molar-refractivity contribution is 5.96. The molecular weight excluding hydrogens is 803 g/mol. The van der Waals surface area contributed by atoms with Gasteiger partial charge in [0.15, 0.2) is 23.6 Å². The van der Waals surface area contributed by atoms with E-state index in [0.29, 0.717) is 5.56 Å². The van der Waals surface area contributed by atoms with Gasteiger partial charge in [0.1, 0.15) is 23.9 Å². The summed E-state index contributed by atoms with van der Waals surface area (Å²) in [7, 11) is 0. The zero-order chi connectivity index (χ0) is 44.9. The molecule has 1 saturated heterocycles. The third kappa shape index (κ3) is 7.29. The van der Waals surface area contributed by atoms with Crippen LogP contribution in [0.3, 0.4) is 0 Å². The van der Waals surface area contributed by atoms with Crippen molar-refractivity contribution in [1.29, 1.82) is 0 Å². The second kappa shape index (κ2) is 16.5. The Bertz CT molecular complexity index is 2280. The summed E-state index contributed by atoms with van der Waals surface area (Å²) in [5.41, 5.74) is -7.02. The maximum Gasteiger partial charge on any atom is 0.338 e. The third-order valence-corrected chi connectivity index (χ3v) is 13.5. The van der Waals surface area contributed by atoms with Gasteiger partial charge in [-0.15, -0.1) is 0 Å². The first-order valence-electron chi connectivity index (χ1n) is 20.5. The Morgan fingerprint density at radius 3 is 1.95 bits per heavy atom. The molecule has 3 aromatic rings. The number of fused-ring (bicyclic) bond motifs is 5. The molecule has 15 heteroatoms. The topological polar surface area (TPSA) is 221 Å². The number of amides is 1. The van der Waals surface area contributed by atoms with Crippen LogP contribution >= 0.6 is 0 Å². The lowest BCUT2D eigenvalue weighted by atomic mass is 9.44. The highest BCUT2D eigenvalue weighted by Crippen LogP contribution is 2.64. The summed E-state index contributed by atoms with van der Waals surface area (Å²) in [6.07, 6.45) is -10.5. The van der Waals surface area contributed by atoms with Crippen molar-refractivity contribution < 1.29 is 67.8 Å². The molecule has 62 heavy (non-hydrogen) atoms. The lowest BCUT2D eigenvalue weighted by molar-refractivity contribution is -0.346. The van der Waals surface area contributed by atoms with Crippen LogP contribution in [-0.4, -0.2) is 105 Å². The Morgan fingerprint density at radius 2 is 1.40 bits per heavy atom. The molecule has 3 fully saturated rings. The Morgan fingerprint density at radius 1 is 0.823 bits per heavy atom. The van der Waals surface area contributed by atoms with Crippen molar-refractivity contribution in [3.63, 3.8) is 0 Å². The molecule has 4 aliphatic rings. The molecular formula is C47H51NO14. The number of Topliss-reactive ketones (excluding diaryl/α,β-unsaturated/α-hetero) is 1. The number of ketones is 1. The minimum absolute atomic E-state index is 0.00289. The maximum absolute atomic E-state index is 15.5. The molecule has 1 heterocycles. The second-order valence-electron chi connectivity index (χ2n) is 17.4. The first kappa shape index (κ1) is 44.3. The van der Waals surface area contributed by atoms with E-state index in [2.05, 4.69) is 5.32 Å². The highest BCUT2D eigenvalue weighted by atomic mass is 16.6. The summed E-state index contributed by atoms with van der Waals surface area (Å²) in [4.78, 5) is 83.5. The van der Waals surface area contributed by atoms with Crippen LogP contribution in [-0.2, 0) is 42.9 Å². The predicted octanol–water partition coefficient (Wildman–Crippen LogP) is 3.74. The number of esters is 4. The van der Waals surface area contributed by atoms with E-state index in [4.69, 9.17) is 23.7 Å². The van der Waals surface area contributed by atoms with Crippen molar-refractivity contribution in [3.05, 3.63) is 119 Å². The summed E-state index contributed by atoms with van der Waals surface area (Å²) in [5.74, 6) is -6.84. The van der Waals surface area contributed by atoms with Crippen molar-refractivity contribution in [2.45, 2.75) is 108 Å². The number of benzene rings is 3. The molecule has 1 unspecified atom stereocenters. The van der Waals surface area contributed by atoms with Gasteiger partial charge in [0.05, 0.1) is 35.6 Å². The molecule has 0 radical (unpaired) electrons. The molecule has 2 saturated carbocycles. The molecule has 4 N–H and O–H groups in total. The van der Waals surface area contributed by atoms with Gasteiger partial charge in [-0.1, -0.05) is 80.6 Å². The molecule has 7 rings (SSSR count). The number of hydrogen-bond donors (Lipinski definition) is 4. The van der Waals surface area contributed by atoms with Gasteiger partial charge >= 0.3 is 23.9 Å². The number of hydrogen-bond acceptors (Lipinski definition) is 14. The molecule has 1 aliphatic heterocycles. The van der Waals surface area contributed by atoms with Crippen LogP contribution in [0.15, 0.2) is 102 Å². The maximum atomic E-state index is 15.5. The fourth-order valence-corrected chi connectivity index (χ4v) is 10.2. The molecule has 11 atom stereocenters. The van der Waals surface area contributed by atoms with Gasteiger partial charge in [0, 0.05) is 37.7 Å². The van der Waals surface area contributed by atoms with Crippen LogP contribution in [0.1, 0.15) is 86.7 Å². The zero-order valence-corrected chi connectivity index (χ0v) is 35.2. The summed E-state index contributed by atoms with van der Waals surface area (Å²) >= 11 is 0. The average molecular weight is 854 g/mol. The van der Waals surface area contributed by atoms with E-state index >= 15 is 4.79 Å². The molecule has 1 amide bonds. The summed E-state index contributed by atoms with van der Waals surface area (Å²) < 4.78 is 30.3. The average Bonchev–Trinajstić information content (AvgIpc) is 3.24. The van der Waals surface area contributed by atoms with E-state index in [1.807, 2.05) is 0 Å². The zero-order valence-electron chi connectivity index (χ0n) is 35.2. The minimum Gasteiger partial charge on any atom is -0.456 e. The van der Waals surface area contributed by atoms with Crippen molar-refractivity contribution in [2.75, 3.05) is 6.61 Å². The predicted molar refractivity (Wildman–Crippen MR) is 218 cm³/mol. The van der Waals surface area contributed by atoms with Crippen molar-refractivity contribution >= 4 is 35.6 Å². The van der Waals surface area contributed by atoms with Crippen LogP contribution in [0.4, 0.5) is 0 Å². The quantitative estimate of drug-likeness (QED) is 0.130. The number of ether oxygens (including phenoxy) is 5. The molecule has 328 valence electrons. The smallest absolute Gasteiger partial charge is 0.338 e. The van der Waals surface area contributed by atoms with Gasteiger partial charge in [0.25, 0.3) is 5.91 Å². The SMILES string of the molecule is CC(=O)O[C@H]1C(=O)[C@]2(C)[C@@H](O)C[C@H]3OCC3(OC(C)=O)[C@@H]2[C@@H](OC(=O)c2ccccc2)[C@]2(O)C[C@H](OC(=O)[C@@H](O)[C@H](NC(=O)c3ccccc3)c3ccccc3)C(C)=C1C2(C)C. The first-order valence-corrected chi connectivity index (χ1v) is 20.5. The summed E-state index contributed by atoms with van der Waals surface area (Å²) in [5, 5.41) is 40.2. The monoisotopic (exact) mass is 853 g/mol. The highest BCUT2D eigenvalue weighted by Gasteiger charge is 2.78. The largest absolute Gasteiger partial charge is 0.456 e. The molecule has 2 bridgehead atoms. The number of rotatable bonds is 10. The Hall–Kier alpha value is -5.74. The van der Waals surface area contributed by atoms with Crippen molar-refractivity contribution in [2.24, 2.45) is 16.7 Å². The van der Waals surface area contributed by atoms with E-state index in [-0.39, 0.29) is 35.3 Å². The fourth-order valence-electron chi connectivity index (χ4n) is 10.2. The number of aliphatic hydroxyl groups excluding tert-OH is 2. The second-order valence-corrected chi connectivity index (χ2v) is 17.4. The Balaban J connectivity index is 1.39. The molecule has 3 aliphatic carbocycles. The molecule has 0 aromatic heterocycles. The number of carbonyl (C=O) groups excluding carboxylic acids is 6. The molecule has 3 aromatic carbocycles. The van der Waals surface area contributed by atoms with Gasteiger partial charge in [-0.05, 0) is 54.8 Å². The molecule has 0 spiro atoms. The minimum atomic E-state index is -2.39. The normalized spacial score (nSPS) is 31.9. The molecule has 15 nitrogen and oxygen atoms in total. The third-order valence-electron chi connectivity index (χ3n) is 13.5. The van der Waals surface area contributed by atoms with Crippen molar-refractivity contribution in [3.8, 4) is 0 Å². The van der Waals surface area contributed by atoms with E-state index < -0.39 is 113 Å². The van der Waals surface area contributed by atoms with E-state index in [0.717, 1.165) is 13.8 Å². The lowest BCUT2D eigenvalue weighted by Gasteiger charge is -2.67. The van der Waals surface area contributed by atoms with Crippen molar-refractivity contribution in [1.82, 2.24) is 5.32 Å². The lowest BCUT2D eigenvalue weighted by Crippen LogP contribution is -2.82. The van der Waals surface area contributed by atoms with Crippen LogP contribution in [0.5, 0.6) is 0 Å². The van der Waals surface area contributed by atoms with E-state index in [1.165, 1.54) is 26.0 Å². The number of aliphatic hydroxyl groups is 3. The number of carbonyl (C=O) groups is 6. The summed E-state index contributed by atoms with van der Waals surface area (Å²) in [6.45, 7) is 7.97. The first-order chi connectivity index (χ1) is 29.3. The van der Waals surface area contributed by atoms with Crippen LogP contribution < -0.4 is 5.32 Å². The fraction of sp³-hybridized carbons (Fsp3) is 0.447. The Labute approximate surface area is 358 Å². The Kier molecular flexibility index (Phi) is 11.8. The van der Waals surface area contributed by atoms with Gasteiger partial charge in [-0.25, -0.2) is 9.59 Å². The van der Waals surface area contributed by atoms with Gasteiger partial charge < -0.3 is 44.3 Å². The van der Waals surface area contributed by atoms with Crippen LogP contribution in [0, 0.1) is 16.7 Å². The standard InChI is InChI=1S/C47H51NO14/c1-25-31(60-43(56)36(52)35(28-16-10-7-11-17-28)48-41(54)29-18-12-8-13-19-29)23-47(57)40(61-42(55)30-20-14-9-15-21-30)38-45(6,32(51)22-33-46(38,24-58-33)62-27(3)50)39(53)37(59-26(2)49)34(25)44(47,4)5/h7-21,31-33,35-38,40,51-52,57H,22-24H2,1-6H3,(H,48,54)/t31-,32-,33+,35+,36-,37+,38+,40+,45+,46?,47+/m0/s1. The van der Waals surface area contributed by atoms with Gasteiger partial charge in [0.2, 0.25) is 0 Å². The number of nitrogens with one attached hydrogen (secondary N) is 1. The van der Waals surface area contributed by atoms with E-state index in [1.54, 1.807) is 92.7 Å². The van der Waals surface area contributed by atoms with Crippen LogP contribution in [0.2, 0.25) is 0 Å². The van der Waals surface area contributed by atoms with Crippen LogP contribution in [0.25, 0.3) is 0 Å². The summed E-state index contributed by atoms with van der Waals surface area (Å²) in [6, 6.07) is 22.9. The van der Waals surface area contributed by atoms with Gasteiger partial charge in [-0.2, -0.15) is 0 Å². The van der Waals surface area contributed by atoms with E-state index in [9.17, 15) is 39.3 Å². The van der Waals surface area contributed by atoms with Gasteiger partial charge in [-0.3, -0.25) is 19.2 Å².